The standard InChI is InChI=1S/C10H11N3O3S2/c1-6-4-9(17-12-6)18(14,15)13-10-8(5-16-11-10)7-2-3-7/h4-5,7H,2-3H2,1H3,(H,11,13). The molecule has 0 aliphatic heterocycles. The first-order valence-electron chi connectivity index (χ1n) is 5.46. The SMILES string of the molecule is Cc1cc(S(=O)(=O)Nc2nocc2C2CC2)sn1. The molecule has 0 aromatic carbocycles. The van der Waals surface area contributed by atoms with Gasteiger partial charge in [-0.2, -0.15) is 4.37 Å². The first kappa shape index (κ1) is 11.7. The fourth-order valence-electron chi connectivity index (χ4n) is 1.65. The molecule has 1 N–H and O–H groups in total. The normalized spacial score (nSPS) is 15.8. The first-order valence-corrected chi connectivity index (χ1v) is 7.72. The minimum Gasteiger partial charge on any atom is -0.362 e. The summed E-state index contributed by atoms with van der Waals surface area (Å²) in [5.74, 6) is 0.667. The smallest absolute Gasteiger partial charge is 0.274 e. The number of nitrogens with zero attached hydrogens (tertiary/aromatic N) is 2. The lowest BCUT2D eigenvalue weighted by Crippen LogP contribution is -2.12. The lowest BCUT2D eigenvalue weighted by molar-refractivity contribution is 0.422. The fraction of sp³-hybridized carbons (Fsp3) is 0.400. The Bertz CT molecular complexity index is 670. The third-order valence-electron chi connectivity index (χ3n) is 2.72. The van der Waals surface area contributed by atoms with E-state index in [2.05, 4.69) is 14.3 Å². The van der Waals surface area contributed by atoms with E-state index < -0.39 is 10.0 Å². The molecule has 8 heteroatoms. The zero-order valence-corrected chi connectivity index (χ0v) is 11.2. The van der Waals surface area contributed by atoms with Gasteiger partial charge in [0, 0.05) is 5.56 Å². The Labute approximate surface area is 108 Å². The number of anilines is 1. The van der Waals surface area contributed by atoms with Crippen LogP contribution >= 0.6 is 11.5 Å². The van der Waals surface area contributed by atoms with Gasteiger partial charge in [-0.05, 0) is 43.3 Å². The molecule has 1 aliphatic carbocycles. The average molecular weight is 285 g/mol. The Morgan fingerprint density at radius 3 is 2.89 bits per heavy atom. The lowest BCUT2D eigenvalue weighted by atomic mass is 10.2. The van der Waals surface area contributed by atoms with Crippen LogP contribution in [0.1, 0.15) is 30.0 Å². The van der Waals surface area contributed by atoms with Crippen molar-refractivity contribution in [2.24, 2.45) is 0 Å². The third kappa shape index (κ3) is 2.13. The first-order chi connectivity index (χ1) is 8.56. The topological polar surface area (TPSA) is 85.1 Å². The van der Waals surface area contributed by atoms with Gasteiger partial charge in [0.25, 0.3) is 10.0 Å². The minimum atomic E-state index is -3.61. The Morgan fingerprint density at radius 2 is 2.28 bits per heavy atom. The van der Waals surface area contributed by atoms with Gasteiger partial charge in [-0.25, -0.2) is 8.42 Å². The molecule has 0 saturated heterocycles. The van der Waals surface area contributed by atoms with Gasteiger partial charge in [0.1, 0.15) is 6.26 Å². The zero-order valence-electron chi connectivity index (χ0n) is 9.58. The van der Waals surface area contributed by atoms with Crippen molar-refractivity contribution in [2.45, 2.75) is 29.9 Å². The van der Waals surface area contributed by atoms with Gasteiger partial charge >= 0.3 is 0 Å². The average Bonchev–Trinajstić information content (AvgIpc) is 2.88. The van der Waals surface area contributed by atoms with Gasteiger partial charge in [0.2, 0.25) is 0 Å². The van der Waals surface area contributed by atoms with E-state index >= 15 is 0 Å². The predicted molar refractivity (Wildman–Crippen MR) is 66.1 cm³/mol. The van der Waals surface area contributed by atoms with Gasteiger partial charge in [-0.3, -0.25) is 4.72 Å². The monoisotopic (exact) mass is 285 g/mol. The molecule has 0 radical (unpaired) electrons. The largest absolute Gasteiger partial charge is 0.362 e. The highest BCUT2D eigenvalue weighted by Crippen LogP contribution is 2.43. The maximum atomic E-state index is 12.1. The summed E-state index contributed by atoms with van der Waals surface area (Å²) < 4.78 is 35.6. The second kappa shape index (κ2) is 4.06. The molecule has 1 saturated carbocycles. The summed E-state index contributed by atoms with van der Waals surface area (Å²) in [6.07, 6.45) is 3.61. The van der Waals surface area contributed by atoms with Crippen molar-refractivity contribution in [3.8, 4) is 0 Å². The predicted octanol–water partition coefficient (Wildman–Crippen LogP) is 2.12. The van der Waals surface area contributed by atoms with Crippen LogP contribution in [0.2, 0.25) is 0 Å². The molecule has 1 aliphatic rings. The van der Waals surface area contributed by atoms with Gasteiger partial charge in [0.15, 0.2) is 10.0 Å². The number of nitrogens with one attached hydrogen (secondary N) is 1. The molecule has 0 spiro atoms. The highest BCUT2D eigenvalue weighted by atomic mass is 32.2. The highest BCUT2D eigenvalue weighted by molar-refractivity contribution is 7.94. The molecule has 3 rings (SSSR count). The molecule has 0 bridgehead atoms. The molecule has 1 fully saturated rings. The van der Waals surface area contributed by atoms with Crippen molar-refractivity contribution < 1.29 is 12.9 Å². The van der Waals surface area contributed by atoms with E-state index in [-0.39, 0.29) is 4.21 Å². The van der Waals surface area contributed by atoms with E-state index in [9.17, 15) is 8.42 Å². The Hall–Kier alpha value is -1.41. The van der Waals surface area contributed by atoms with Crippen LogP contribution in [-0.2, 0) is 10.0 Å². The minimum absolute atomic E-state index is 0.185. The van der Waals surface area contributed by atoms with Crippen LogP contribution in [0.4, 0.5) is 5.82 Å². The van der Waals surface area contributed by atoms with Crippen LogP contribution in [0.25, 0.3) is 0 Å². The molecular formula is C10H11N3O3S2. The lowest BCUT2D eigenvalue weighted by Gasteiger charge is -2.03. The van der Waals surface area contributed by atoms with E-state index in [0.717, 1.165) is 29.9 Å². The van der Waals surface area contributed by atoms with Crippen LogP contribution in [-0.4, -0.2) is 17.9 Å². The summed E-state index contributed by atoms with van der Waals surface area (Å²) in [6.45, 7) is 1.75. The van der Waals surface area contributed by atoms with E-state index in [0.29, 0.717) is 17.4 Å². The van der Waals surface area contributed by atoms with Crippen molar-refractivity contribution in [1.82, 2.24) is 9.53 Å². The maximum Gasteiger partial charge on any atom is 0.274 e. The van der Waals surface area contributed by atoms with E-state index in [1.165, 1.54) is 12.3 Å². The number of aryl methyl sites for hydroxylation is 1. The summed E-state index contributed by atoms with van der Waals surface area (Å²) in [5.41, 5.74) is 1.52. The number of hydrogen-bond donors (Lipinski definition) is 1. The van der Waals surface area contributed by atoms with Crippen LogP contribution in [0.5, 0.6) is 0 Å². The van der Waals surface area contributed by atoms with Gasteiger partial charge in [0.05, 0.1) is 5.69 Å². The number of aromatic nitrogens is 2. The molecular weight excluding hydrogens is 274 g/mol. The van der Waals surface area contributed by atoms with E-state index in [1.807, 2.05) is 0 Å². The molecule has 2 heterocycles. The Morgan fingerprint density at radius 1 is 1.50 bits per heavy atom. The molecule has 6 nitrogen and oxygen atoms in total. The van der Waals surface area contributed by atoms with Crippen LogP contribution in [0.15, 0.2) is 21.1 Å². The van der Waals surface area contributed by atoms with Crippen molar-refractivity contribution >= 4 is 27.4 Å². The summed E-state index contributed by atoms with van der Waals surface area (Å²) in [5, 5.41) is 3.71. The molecule has 0 atom stereocenters. The van der Waals surface area contributed by atoms with Crippen molar-refractivity contribution in [1.29, 1.82) is 0 Å². The Balaban J connectivity index is 1.89. The van der Waals surface area contributed by atoms with Gasteiger partial charge in [-0.1, -0.05) is 5.16 Å². The summed E-state index contributed by atoms with van der Waals surface area (Å²) in [6, 6.07) is 1.53. The summed E-state index contributed by atoms with van der Waals surface area (Å²) >= 11 is 0.949. The van der Waals surface area contributed by atoms with E-state index in [4.69, 9.17) is 4.52 Å². The van der Waals surface area contributed by atoms with Crippen LogP contribution in [0, 0.1) is 6.92 Å². The van der Waals surface area contributed by atoms with Crippen LogP contribution in [0.3, 0.4) is 0 Å². The molecule has 2 aromatic heterocycles. The second-order valence-electron chi connectivity index (χ2n) is 4.29. The third-order valence-corrected chi connectivity index (χ3v) is 5.39. The maximum absolute atomic E-state index is 12.1. The number of sulfonamides is 1. The van der Waals surface area contributed by atoms with Crippen LogP contribution < -0.4 is 4.72 Å². The fourth-order valence-corrected chi connectivity index (χ4v) is 3.63. The zero-order chi connectivity index (χ0) is 12.8. The van der Waals surface area contributed by atoms with Crippen molar-refractivity contribution in [3.05, 3.63) is 23.6 Å². The molecule has 0 unspecified atom stereocenters. The van der Waals surface area contributed by atoms with Gasteiger partial charge < -0.3 is 4.52 Å². The van der Waals surface area contributed by atoms with Gasteiger partial charge in [-0.15, -0.1) is 0 Å². The quantitative estimate of drug-likeness (QED) is 0.930. The second-order valence-corrected chi connectivity index (χ2v) is 7.00. The number of hydrogen-bond acceptors (Lipinski definition) is 6. The highest BCUT2D eigenvalue weighted by Gasteiger charge is 2.30. The molecule has 18 heavy (non-hydrogen) atoms. The summed E-state index contributed by atoms with van der Waals surface area (Å²) in [7, 11) is -3.61. The summed E-state index contributed by atoms with van der Waals surface area (Å²) in [4.78, 5) is 0. The molecule has 0 amide bonds. The van der Waals surface area contributed by atoms with Crippen molar-refractivity contribution in [3.63, 3.8) is 0 Å². The molecule has 96 valence electrons. The molecule has 2 aromatic rings. The van der Waals surface area contributed by atoms with Crippen molar-refractivity contribution in [2.75, 3.05) is 4.72 Å². The number of rotatable bonds is 4. The Kier molecular flexibility index (Phi) is 2.63. The van der Waals surface area contributed by atoms with E-state index in [1.54, 1.807) is 6.92 Å².